The lowest BCUT2D eigenvalue weighted by atomic mass is 10.1. The molecule has 4 nitrogen and oxygen atoms in total. The minimum atomic E-state index is -0.371. The third-order valence-electron chi connectivity index (χ3n) is 5.99. The summed E-state index contributed by atoms with van der Waals surface area (Å²) in [6.07, 6.45) is 14.1. The van der Waals surface area contributed by atoms with Crippen LogP contribution in [0, 0.1) is 0 Å². The van der Waals surface area contributed by atoms with E-state index < -0.39 is 0 Å². The number of carbonyl (C=O) groups is 1. The molecule has 0 aliphatic heterocycles. The van der Waals surface area contributed by atoms with Crippen molar-refractivity contribution in [1.82, 2.24) is 0 Å². The highest BCUT2D eigenvalue weighted by Gasteiger charge is 2.10. The molecular weight excluding hydrogens is 424 g/mol. The fraction of sp³-hybridized carbons (Fsp3) is 0.567. The van der Waals surface area contributed by atoms with Crippen LogP contribution in [-0.4, -0.2) is 19.2 Å². The van der Waals surface area contributed by atoms with Crippen LogP contribution in [0.5, 0.6) is 11.5 Å². The second-order valence-corrected chi connectivity index (χ2v) is 9.03. The Kier molecular flexibility index (Phi) is 14.1. The van der Waals surface area contributed by atoms with Gasteiger partial charge in [0.15, 0.2) is 0 Å². The molecule has 0 amide bonds. The Bertz CT molecular complexity index is 782. The van der Waals surface area contributed by atoms with Crippen LogP contribution in [0.15, 0.2) is 48.5 Å². The minimum Gasteiger partial charge on any atom is -0.494 e. The van der Waals surface area contributed by atoms with Crippen LogP contribution in [0.1, 0.15) is 113 Å². The van der Waals surface area contributed by atoms with Gasteiger partial charge in [0.2, 0.25) is 0 Å². The molecule has 0 heterocycles. The van der Waals surface area contributed by atoms with Crippen LogP contribution >= 0.6 is 0 Å². The number of ether oxygens (including phenoxy) is 3. The SMILES string of the molecule is CCCCCCCCCCCCOc1ccc(C(=O)Oc2ccc(C(C)OCCC)cc2)cc1. The summed E-state index contributed by atoms with van der Waals surface area (Å²) in [5.74, 6) is 0.944. The largest absolute Gasteiger partial charge is 0.494 e. The topological polar surface area (TPSA) is 44.8 Å². The van der Waals surface area contributed by atoms with E-state index in [1.54, 1.807) is 12.1 Å². The molecule has 0 saturated heterocycles. The van der Waals surface area contributed by atoms with Gasteiger partial charge >= 0.3 is 5.97 Å². The molecule has 0 radical (unpaired) electrons. The van der Waals surface area contributed by atoms with Gasteiger partial charge in [0, 0.05) is 6.61 Å². The van der Waals surface area contributed by atoms with E-state index in [0.29, 0.717) is 17.9 Å². The van der Waals surface area contributed by atoms with E-state index in [-0.39, 0.29) is 12.1 Å². The summed E-state index contributed by atoms with van der Waals surface area (Å²) in [4.78, 5) is 12.5. The number of hydrogen-bond donors (Lipinski definition) is 0. The molecule has 1 unspecified atom stereocenters. The highest BCUT2D eigenvalue weighted by molar-refractivity contribution is 5.91. The highest BCUT2D eigenvalue weighted by Crippen LogP contribution is 2.22. The maximum Gasteiger partial charge on any atom is 0.343 e. The molecule has 0 fully saturated rings. The predicted molar refractivity (Wildman–Crippen MR) is 140 cm³/mol. The first-order valence-electron chi connectivity index (χ1n) is 13.3. The fourth-order valence-electron chi connectivity index (χ4n) is 3.83. The maximum absolute atomic E-state index is 12.5. The van der Waals surface area contributed by atoms with Crippen molar-refractivity contribution in [1.29, 1.82) is 0 Å². The summed E-state index contributed by atoms with van der Waals surface area (Å²) >= 11 is 0. The number of rotatable bonds is 18. The van der Waals surface area contributed by atoms with Gasteiger partial charge in [-0.3, -0.25) is 0 Å². The van der Waals surface area contributed by atoms with E-state index in [2.05, 4.69) is 13.8 Å². The van der Waals surface area contributed by atoms with Gasteiger partial charge in [0.25, 0.3) is 0 Å². The molecule has 2 rings (SSSR count). The Hall–Kier alpha value is -2.33. The summed E-state index contributed by atoms with van der Waals surface area (Å²) in [5.41, 5.74) is 1.58. The zero-order valence-electron chi connectivity index (χ0n) is 21.5. The van der Waals surface area contributed by atoms with Crippen LogP contribution in [0.2, 0.25) is 0 Å². The lowest BCUT2D eigenvalue weighted by Crippen LogP contribution is -2.08. The minimum absolute atomic E-state index is 0.0255. The van der Waals surface area contributed by atoms with Crippen LogP contribution < -0.4 is 9.47 Å². The van der Waals surface area contributed by atoms with Gasteiger partial charge in [-0.15, -0.1) is 0 Å². The summed E-state index contributed by atoms with van der Waals surface area (Å²) in [6.45, 7) is 7.82. The maximum atomic E-state index is 12.5. The molecule has 2 aromatic rings. The third-order valence-corrected chi connectivity index (χ3v) is 5.99. The van der Waals surface area contributed by atoms with Gasteiger partial charge < -0.3 is 14.2 Å². The van der Waals surface area contributed by atoms with Crippen LogP contribution in [-0.2, 0) is 4.74 Å². The molecule has 1 atom stereocenters. The van der Waals surface area contributed by atoms with Gasteiger partial charge in [0.05, 0.1) is 18.3 Å². The first-order valence-corrected chi connectivity index (χ1v) is 13.3. The van der Waals surface area contributed by atoms with Crippen molar-refractivity contribution in [2.75, 3.05) is 13.2 Å². The van der Waals surface area contributed by atoms with E-state index in [9.17, 15) is 4.79 Å². The van der Waals surface area contributed by atoms with Crippen molar-refractivity contribution in [3.63, 3.8) is 0 Å². The Morgan fingerprint density at radius 3 is 1.82 bits per heavy atom. The van der Waals surface area contributed by atoms with Gasteiger partial charge in [0.1, 0.15) is 11.5 Å². The van der Waals surface area contributed by atoms with Gasteiger partial charge in [-0.25, -0.2) is 4.79 Å². The Morgan fingerprint density at radius 2 is 1.24 bits per heavy atom. The average Bonchev–Trinajstić information content (AvgIpc) is 2.86. The monoisotopic (exact) mass is 468 g/mol. The zero-order valence-corrected chi connectivity index (χ0v) is 21.5. The first kappa shape index (κ1) is 27.9. The molecule has 0 saturated carbocycles. The Labute approximate surface area is 207 Å². The molecule has 0 aliphatic rings. The number of benzene rings is 2. The Morgan fingerprint density at radius 1 is 0.676 bits per heavy atom. The summed E-state index contributed by atoms with van der Waals surface area (Å²) in [5, 5.41) is 0. The molecule has 0 aliphatic carbocycles. The fourth-order valence-corrected chi connectivity index (χ4v) is 3.83. The van der Waals surface area contributed by atoms with Crippen molar-refractivity contribution in [2.24, 2.45) is 0 Å². The lowest BCUT2D eigenvalue weighted by Gasteiger charge is -2.13. The number of hydrogen-bond acceptors (Lipinski definition) is 4. The lowest BCUT2D eigenvalue weighted by molar-refractivity contribution is 0.0662. The highest BCUT2D eigenvalue weighted by atomic mass is 16.5. The summed E-state index contributed by atoms with van der Waals surface area (Å²) < 4.78 is 17.1. The summed E-state index contributed by atoms with van der Waals surface area (Å²) in [7, 11) is 0. The second-order valence-electron chi connectivity index (χ2n) is 9.03. The number of esters is 1. The molecule has 0 spiro atoms. The van der Waals surface area contributed by atoms with E-state index in [1.807, 2.05) is 43.3 Å². The molecule has 188 valence electrons. The first-order chi connectivity index (χ1) is 16.6. The van der Waals surface area contributed by atoms with E-state index in [0.717, 1.165) is 30.8 Å². The molecule has 2 aromatic carbocycles. The second kappa shape index (κ2) is 17.2. The van der Waals surface area contributed by atoms with Gasteiger partial charge in [-0.2, -0.15) is 0 Å². The quantitative estimate of drug-likeness (QED) is 0.125. The van der Waals surface area contributed by atoms with Crippen molar-refractivity contribution >= 4 is 5.97 Å². The normalized spacial score (nSPS) is 11.9. The van der Waals surface area contributed by atoms with Crippen LogP contribution in [0.4, 0.5) is 0 Å². The van der Waals surface area contributed by atoms with Gasteiger partial charge in [-0.1, -0.05) is 83.8 Å². The Balaban J connectivity index is 1.63. The molecule has 0 bridgehead atoms. The van der Waals surface area contributed by atoms with Crippen molar-refractivity contribution in [3.05, 3.63) is 59.7 Å². The standard InChI is InChI=1S/C30H44O4/c1-4-6-7-8-9-10-11-12-13-14-24-33-28-19-17-27(18-20-28)30(31)34-29-21-15-26(16-22-29)25(3)32-23-5-2/h15-22,25H,4-14,23-24H2,1-3H3. The zero-order chi connectivity index (χ0) is 24.4. The van der Waals surface area contributed by atoms with E-state index >= 15 is 0 Å². The summed E-state index contributed by atoms with van der Waals surface area (Å²) in [6, 6.07) is 14.7. The van der Waals surface area contributed by atoms with Crippen molar-refractivity contribution < 1.29 is 19.0 Å². The molecule has 0 aromatic heterocycles. The van der Waals surface area contributed by atoms with E-state index in [1.165, 1.54) is 57.8 Å². The smallest absolute Gasteiger partial charge is 0.343 e. The van der Waals surface area contributed by atoms with E-state index in [4.69, 9.17) is 14.2 Å². The number of carbonyl (C=O) groups excluding carboxylic acids is 1. The molecule has 0 N–H and O–H groups in total. The number of unbranched alkanes of at least 4 members (excludes halogenated alkanes) is 9. The van der Waals surface area contributed by atoms with Crippen LogP contribution in [0.3, 0.4) is 0 Å². The van der Waals surface area contributed by atoms with Crippen LogP contribution in [0.25, 0.3) is 0 Å². The predicted octanol–water partition coefficient (Wildman–Crippen LogP) is 8.69. The third kappa shape index (κ3) is 11.2. The average molecular weight is 469 g/mol. The molecular formula is C30H44O4. The molecule has 4 heteroatoms. The van der Waals surface area contributed by atoms with Crippen molar-refractivity contribution in [3.8, 4) is 11.5 Å². The molecule has 34 heavy (non-hydrogen) atoms. The van der Waals surface area contributed by atoms with Gasteiger partial charge in [-0.05, 0) is 61.7 Å². The van der Waals surface area contributed by atoms with Crippen molar-refractivity contribution in [2.45, 2.75) is 97.5 Å².